The number of hydrogen-bond acceptors (Lipinski definition) is 3. The van der Waals surface area contributed by atoms with E-state index in [-0.39, 0.29) is 12.0 Å². The second-order valence-electron chi connectivity index (χ2n) is 5.35. The Hall–Kier alpha value is -0.870. The lowest BCUT2D eigenvalue weighted by Crippen LogP contribution is -2.39. The molecule has 0 bridgehead atoms. The number of thiophene rings is 1. The van der Waals surface area contributed by atoms with Crippen LogP contribution in [0.2, 0.25) is 0 Å². The van der Waals surface area contributed by atoms with Crippen LogP contribution in [0.3, 0.4) is 0 Å². The van der Waals surface area contributed by atoms with Crippen molar-refractivity contribution in [1.82, 2.24) is 4.90 Å². The minimum absolute atomic E-state index is 0.255. The van der Waals surface area contributed by atoms with E-state index in [0.717, 1.165) is 45.4 Å². The van der Waals surface area contributed by atoms with E-state index in [1.54, 1.807) is 11.3 Å². The molecule has 2 heterocycles. The molecule has 4 heteroatoms. The maximum Gasteiger partial charge on any atom is 0.222 e. The van der Waals surface area contributed by atoms with Crippen molar-refractivity contribution in [2.75, 3.05) is 19.7 Å². The van der Waals surface area contributed by atoms with Gasteiger partial charge in [-0.3, -0.25) is 4.79 Å². The van der Waals surface area contributed by atoms with E-state index >= 15 is 0 Å². The van der Waals surface area contributed by atoms with Crippen LogP contribution in [0.25, 0.3) is 0 Å². The number of rotatable bonds is 7. The molecule has 1 atom stereocenters. The summed E-state index contributed by atoms with van der Waals surface area (Å²) in [6.45, 7) is 4.47. The maximum atomic E-state index is 12.3. The number of carbonyl (C=O) groups excluding carboxylic acids is 1. The molecule has 0 N–H and O–H groups in total. The van der Waals surface area contributed by atoms with Gasteiger partial charge in [0.15, 0.2) is 0 Å². The molecular weight excluding hydrogens is 270 g/mol. The normalized spacial score (nSPS) is 18.9. The zero-order valence-electron chi connectivity index (χ0n) is 12.3. The molecule has 1 aromatic rings. The lowest BCUT2D eigenvalue weighted by molar-refractivity contribution is -0.133. The summed E-state index contributed by atoms with van der Waals surface area (Å²) < 4.78 is 5.73. The van der Waals surface area contributed by atoms with Crippen molar-refractivity contribution in [2.24, 2.45) is 0 Å². The lowest BCUT2D eigenvalue weighted by Gasteiger charge is -2.29. The zero-order chi connectivity index (χ0) is 14.2. The largest absolute Gasteiger partial charge is 0.376 e. The van der Waals surface area contributed by atoms with Gasteiger partial charge in [-0.15, -0.1) is 11.3 Å². The molecule has 1 aliphatic rings. The first-order chi connectivity index (χ1) is 9.79. The first kappa shape index (κ1) is 15.5. The Kier molecular flexibility index (Phi) is 6.54. The predicted octanol–water partition coefficient (Wildman–Crippen LogP) is 3.49. The Balaban J connectivity index is 1.70. The van der Waals surface area contributed by atoms with Crippen LogP contribution in [0.5, 0.6) is 0 Å². The van der Waals surface area contributed by atoms with Gasteiger partial charge in [-0.05, 0) is 50.5 Å². The standard InChI is InChI=1S/C16H25NO2S/c1-2-17(13-14-7-3-4-11-19-14)16(18)10-5-8-15-9-6-12-20-15/h6,9,12,14H,2-5,7-8,10-11,13H2,1H3. The van der Waals surface area contributed by atoms with Gasteiger partial charge >= 0.3 is 0 Å². The highest BCUT2D eigenvalue weighted by molar-refractivity contribution is 7.09. The molecule has 112 valence electrons. The van der Waals surface area contributed by atoms with E-state index in [2.05, 4.69) is 24.4 Å². The first-order valence-corrected chi connectivity index (χ1v) is 8.59. The van der Waals surface area contributed by atoms with Crippen LogP contribution >= 0.6 is 11.3 Å². The fourth-order valence-electron chi connectivity index (χ4n) is 2.63. The van der Waals surface area contributed by atoms with Gasteiger partial charge in [0.05, 0.1) is 6.10 Å². The Morgan fingerprint density at radius 3 is 3.05 bits per heavy atom. The first-order valence-electron chi connectivity index (χ1n) is 7.71. The zero-order valence-corrected chi connectivity index (χ0v) is 13.2. The number of likely N-dealkylation sites (N-methyl/N-ethyl adjacent to an activating group) is 1. The molecule has 1 aromatic heterocycles. The van der Waals surface area contributed by atoms with Gasteiger partial charge in [-0.25, -0.2) is 0 Å². The molecule has 0 aromatic carbocycles. The van der Waals surface area contributed by atoms with Crippen LogP contribution in [-0.4, -0.2) is 36.6 Å². The summed E-state index contributed by atoms with van der Waals surface area (Å²) in [5, 5.41) is 2.09. The van der Waals surface area contributed by atoms with Crippen molar-refractivity contribution >= 4 is 17.2 Å². The molecule has 1 saturated heterocycles. The van der Waals surface area contributed by atoms with Gasteiger partial charge in [-0.1, -0.05) is 6.07 Å². The highest BCUT2D eigenvalue weighted by Gasteiger charge is 2.20. The molecular formula is C16H25NO2S. The number of amides is 1. The molecule has 1 fully saturated rings. The van der Waals surface area contributed by atoms with Crippen molar-refractivity contribution in [3.63, 3.8) is 0 Å². The van der Waals surface area contributed by atoms with Crippen LogP contribution in [0.15, 0.2) is 17.5 Å². The van der Waals surface area contributed by atoms with Crippen LogP contribution < -0.4 is 0 Å². The Morgan fingerprint density at radius 1 is 1.50 bits per heavy atom. The van der Waals surface area contributed by atoms with Crippen molar-refractivity contribution in [3.8, 4) is 0 Å². The molecule has 1 amide bonds. The van der Waals surface area contributed by atoms with E-state index in [1.165, 1.54) is 11.3 Å². The summed E-state index contributed by atoms with van der Waals surface area (Å²) in [7, 11) is 0. The average Bonchev–Trinajstić information content (AvgIpc) is 2.99. The van der Waals surface area contributed by atoms with Gasteiger partial charge in [-0.2, -0.15) is 0 Å². The SMILES string of the molecule is CCN(CC1CCCCO1)C(=O)CCCc1cccs1. The number of nitrogens with zero attached hydrogens (tertiary/aromatic N) is 1. The molecule has 0 saturated carbocycles. The van der Waals surface area contributed by atoms with E-state index < -0.39 is 0 Å². The van der Waals surface area contributed by atoms with Crippen LogP contribution in [-0.2, 0) is 16.0 Å². The highest BCUT2D eigenvalue weighted by atomic mass is 32.1. The third kappa shape index (κ3) is 4.91. The second-order valence-corrected chi connectivity index (χ2v) is 6.39. The summed E-state index contributed by atoms with van der Waals surface area (Å²) in [6, 6.07) is 4.21. The van der Waals surface area contributed by atoms with Gasteiger partial charge in [0.2, 0.25) is 5.91 Å². The third-order valence-electron chi connectivity index (χ3n) is 3.83. The number of carbonyl (C=O) groups is 1. The molecule has 3 nitrogen and oxygen atoms in total. The quantitative estimate of drug-likeness (QED) is 0.770. The van der Waals surface area contributed by atoms with Crippen LogP contribution in [0, 0.1) is 0 Å². The van der Waals surface area contributed by atoms with E-state index in [1.807, 2.05) is 4.90 Å². The highest BCUT2D eigenvalue weighted by Crippen LogP contribution is 2.16. The molecule has 1 unspecified atom stereocenters. The monoisotopic (exact) mass is 295 g/mol. The van der Waals surface area contributed by atoms with Gasteiger partial charge in [0, 0.05) is 31.0 Å². The second kappa shape index (κ2) is 8.42. The van der Waals surface area contributed by atoms with Gasteiger partial charge in [0.1, 0.15) is 0 Å². The predicted molar refractivity (Wildman–Crippen MR) is 83.1 cm³/mol. The molecule has 0 aliphatic carbocycles. The molecule has 1 aliphatic heterocycles. The Bertz CT molecular complexity index is 385. The smallest absolute Gasteiger partial charge is 0.222 e. The third-order valence-corrected chi connectivity index (χ3v) is 4.76. The minimum Gasteiger partial charge on any atom is -0.376 e. The summed E-state index contributed by atoms with van der Waals surface area (Å²) >= 11 is 1.77. The fraction of sp³-hybridized carbons (Fsp3) is 0.688. The fourth-order valence-corrected chi connectivity index (χ4v) is 3.38. The Morgan fingerprint density at radius 2 is 2.40 bits per heavy atom. The summed E-state index contributed by atoms with van der Waals surface area (Å²) in [5.74, 6) is 0.276. The number of ether oxygens (including phenoxy) is 1. The van der Waals surface area contributed by atoms with Crippen molar-refractivity contribution in [1.29, 1.82) is 0 Å². The van der Waals surface area contributed by atoms with Crippen LogP contribution in [0.4, 0.5) is 0 Å². The van der Waals surface area contributed by atoms with E-state index in [9.17, 15) is 4.79 Å². The number of aryl methyl sites for hydroxylation is 1. The summed E-state index contributed by atoms with van der Waals surface area (Å²) in [5.41, 5.74) is 0. The van der Waals surface area contributed by atoms with E-state index in [4.69, 9.17) is 4.74 Å². The maximum absolute atomic E-state index is 12.3. The topological polar surface area (TPSA) is 29.5 Å². The van der Waals surface area contributed by atoms with E-state index in [0.29, 0.717) is 6.42 Å². The average molecular weight is 295 g/mol. The molecule has 20 heavy (non-hydrogen) atoms. The van der Waals surface area contributed by atoms with Crippen molar-refractivity contribution < 1.29 is 9.53 Å². The molecule has 2 rings (SSSR count). The van der Waals surface area contributed by atoms with Crippen LogP contribution in [0.1, 0.15) is 43.9 Å². The lowest BCUT2D eigenvalue weighted by atomic mass is 10.1. The van der Waals surface area contributed by atoms with Gasteiger partial charge < -0.3 is 9.64 Å². The Labute approximate surface area is 125 Å². The van der Waals surface area contributed by atoms with Crippen molar-refractivity contribution in [2.45, 2.75) is 51.6 Å². The van der Waals surface area contributed by atoms with Crippen molar-refractivity contribution in [3.05, 3.63) is 22.4 Å². The summed E-state index contributed by atoms with van der Waals surface area (Å²) in [4.78, 5) is 15.6. The molecule has 0 spiro atoms. The molecule has 0 radical (unpaired) electrons. The minimum atomic E-state index is 0.255. The number of hydrogen-bond donors (Lipinski definition) is 0. The summed E-state index contributed by atoms with van der Waals surface area (Å²) in [6.07, 6.45) is 6.36. The van der Waals surface area contributed by atoms with Gasteiger partial charge in [0.25, 0.3) is 0 Å².